The molecule has 12 heteroatoms. The van der Waals surface area contributed by atoms with Crippen LogP contribution < -0.4 is 4.31 Å². The predicted molar refractivity (Wildman–Crippen MR) is 104 cm³/mol. The summed E-state index contributed by atoms with van der Waals surface area (Å²) in [7, 11) is -9.72. The van der Waals surface area contributed by atoms with E-state index in [0.29, 0.717) is 4.31 Å². The minimum Gasteiger partial charge on any atom is -0.273 e. The minimum atomic E-state index is -3.96. The molecule has 0 N–H and O–H groups in total. The molecule has 3 rings (SSSR count). The fraction of sp³-hybridized carbons (Fsp3) is 0.562. The van der Waals surface area contributed by atoms with Crippen LogP contribution in [0.5, 0.6) is 0 Å². The second-order valence-electron chi connectivity index (χ2n) is 7.78. The number of benzene rings is 1. The first kappa shape index (κ1) is 21.2. The molecule has 2 aliphatic heterocycles. The Morgan fingerprint density at radius 3 is 2.11 bits per heavy atom. The molecule has 2 saturated heterocycles. The summed E-state index contributed by atoms with van der Waals surface area (Å²) >= 11 is 0. The summed E-state index contributed by atoms with van der Waals surface area (Å²) < 4.78 is 75.2. The van der Waals surface area contributed by atoms with E-state index in [2.05, 4.69) is 0 Å². The summed E-state index contributed by atoms with van der Waals surface area (Å²) in [5, 5.41) is 0. The number of nitrogens with zero attached hydrogens (tertiary/aromatic N) is 2. The van der Waals surface area contributed by atoms with E-state index in [1.165, 1.54) is 45.2 Å². The van der Waals surface area contributed by atoms with Gasteiger partial charge in [-0.1, -0.05) is 0 Å². The SMILES string of the molecule is CN(C1CCS(=O)(=O)C1)S(=O)(=O)c1ccc(N2C(=O)C(C)(C)CS2(=O)=O)cc1. The monoisotopic (exact) mass is 450 g/mol. The molecule has 9 nitrogen and oxygen atoms in total. The summed E-state index contributed by atoms with van der Waals surface area (Å²) in [6, 6.07) is 4.33. The quantitative estimate of drug-likeness (QED) is 0.641. The number of hydrogen-bond acceptors (Lipinski definition) is 7. The molecule has 2 aliphatic rings. The van der Waals surface area contributed by atoms with E-state index in [4.69, 9.17) is 0 Å². The average molecular weight is 451 g/mol. The van der Waals surface area contributed by atoms with E-state index in [-0.39, 0.29) is 34.3 Å². The van der Waals surface area contributed by atoms with Gasteiger partial charge >= 0.3 is 0 Å². The Morgan fingerprint density at radius 1 is 1.11 bits per heavy atom. The molecule has 0 spiro atoms. The zero-order valence-electron chi connectivity index (χ0n) is 15.7. The first-order chi connectivity index (χ1) is 12.7. The highest BCUT2D eigenvalue weighted by atomic mass is 32.2. The molecular weight excluding hydrogens is 428 g/mol. The molecule has 1 aromatic rings. The molecule has 2 heterocycles. The lowest BCUT2D eigenvalue weighted by atomic mass is 9.95. The number of sulfone groups is 1. The lowest BCUT2D eigenvalue weighted by Gasteiger charge is -2.23. The molecule has 0 aliphatic carbocycles. The van der Waals surface area contributed by atoms with E-state index in [1.54, 1.807) is 0 Å². The van der Waals surface area contributed by atoms with Crippen LogP contribution in [-0.4, -0.2) is 65.8 Å². The zero-order valence-corrected chi connectivity index (χ0v) is 18.1. The van der Waals surface area contributed by atoms with Crippen LogP contribution in [0.1, 0.15) is 20.3 Å². The van der Waals surface area contributed by atoms with Gasteiger partial charge in [-0.05, 0) is 44.5 Å². The Bertz CT molecular complexity index is 1120. The van der Waals surface area contributed by atoms with Crippen LogP contribution in [0.15, 0.2) is 29.2 Å². The van der Waals surface area contributed by atoms with Crippen LogP contribution in [0.4, 0.5) is 5.69 Å². The predicted octanol–water partition coefficient (Wildman–Crippen LogP) is 0.197. The number of anilines is 1. The molecular formula is C16H22N2O7S3. The van der Waals surface area contributed by atoms with Crippen molar-refractivity contribution >= 4 is 41.5 Å². The minimum absolute atomic E-state index is 0.0544. The Hall–Kier alpha value is -1.50. The van der Waals surface area contributed by atoms with Crippen molar-refractivity contribution in [2.45, 2.75) is 31.2 Å². The van der Waals surface area contributed by atoms with E-state index < -0.39 is 47.2 Å². The van der Waals surface area contributed by atoms with E-state index >= 15 is 0 Å². The van der Waals surface area contributed by atoms with Gasteiger partial charge in [-0.3, -0.25) is 4.79 Å². The standard InChI is InChI=1S/C16H22N2O7S3/c1-16(2)11-27(22,23)18(15(16)19)12-4-6-14(7-5-12)28(24,25)17(3)13-8-9-26(20,21)10-13/h4-7,13H,8-11H2,1-3H3. The van der Waals surface area contributed by atoms with Crippen molar-refractivity contribution in [3.8, 4) is 0 Å². The lowest BCUT2D eigenvalue weighted by molar-refractivity contribution is -0.123. The van der Waals surface area contributed by atoms with Crippen molar-refractivity contribution in [2.75, 3.05) is 28.6 Å². The van der Waals surface area contributed by atoms with Crippen LogP contribution in [0.3, 0.4) is 0 Å². The second kappa shape index (κ2) is 6.51. The highest BCUT2D eigenvalue weighted by Gasteiger charge is 2.50. The van der Waals surface area contributed by atoms with Gasteiger partial charge in [-0.15, -0.1) is 0 Å². The number of carbonyl (C=O) groups excluding carboxylic acids is 1. The zero-order chi connectivity index (χ0) is 21.1. The van der Waals surface area contributed by atoms with Crippen molar-refractivity contribution in [1.82, 2.24) is 4.31 Å². The Labute approximate surface area is 165 Å². The molecule has 1 atom stereocenters. The maximum atomic E-state index is 12.8. The number of carbonyl (C=O) groups is 1. The largest absolute Gasteiger partial charge is 0.273 e. The number of rotatable bonds is 4. The first-order valence-electron chi connectivity index (χ1n) is 8.53. The molecule has 1 amide bonds. The molecule has 1 unspecified atom stereocenters. The van der Waals surface area contributed by atoms with Crippen LogP contribution in [0.2, 0.25) is 0 Å². The Morgan fingerprint density at radius 2 is 1.68 bits per heavy atom. The van der Waals surface area contributed by atoms with Crippen LogP contribution >= 0.6 is 0 Å². The maximum absolute atomic E-state index is 12.8. The van der Waals surface area contributed by atoms with Gasteiger partial charge in [0.05, 0.1) is 33.3 Å². The third kappa shape index (κ3) is 3.58. The fourth-order valence-corrected chi connectivity index (χ4v) is 8.80. The van der Waals surface area contributed by atoms with Gasteiger partial charge < -0.3 is 0 Å². The molecule has 28 heavy (non-hydrogen) atoms. The van der Waals surface area contributed by atoms with Crippen molar-refractivity contribution in [3.05, 3.63) is 24.3 Å². The van der Waals surface area contributed by atoms with Gasteiger partial charge in [-0.2, -0.15) is 4.31 Å². The summed E-state index contributed by atoms with van der Waals surface area (Å²) in [6.07, 6.45) is 0.228. The lowest BCUT2D eigenvalue weighted by Crippen LogP contribution is -2.37. The van der Waals surface area contributed by atoms with Gasteiger partial charge in [-0.25, -0.2) is 29.6 Å². The summed E-state index contributed by atoms with van der Waals surface area (Å²) in [4.78, 5) is 12.3. The van der Waals surface area contributed by atoms with Crippen molar-refractivity contribution in [1.29, 1.82) is 0 Å². The first-order valence-corrected chi connectivity index (χ1v) is 13.4. The Kier molecular flexibility index (Phi) is 4.93. The highest BCUT2D eigenvalue weighted by Crippen LogP contribution is 2.36. The number of sulfonamides is 2. The van der Waals surface area contributed by atoms with Gasteiger partial charge in [0.2, 0.25) is 26.0 Å². The molecule has 156 valence electrons. The van der Waals surface area contributed by atoms with Gasteiger partial charge in [0.25, 0.3) is 0 Å². The average Bonchev–Trinajstić information content (AvgIpc) is 3.00. The van der Waals surface area contributed by atoms with Crippen molar-refractivity contribution in [2.24, 2.45) is 5.41 Å². The van der Waals surface area contributed by atoms with Crippen LogP contribution in [0, 0.1) is 5.41 Å². The van der Waals surface area contributed by atoms with Crippen molar-refractivity contribution in [3.63, 3.8) is 0 Å². The van der Waals surface area contributed by atoms with Crippen molar-refractivity contribution < 1.29 is 30.0 Å². The third-order valence-corrected chi connectivity index (χ3v) is 10.7. The fourth-order valence-electron chi connectivity index (χ4n) is 3.44. The van der Waals surface area contributed by atoms with E-state index in [0.717, 1.165) is 4.31 Å². The summed E-state index contributed by atoms with van der Waals surface area (Å²) in [5.74, 6) is -1.17. The molecule has 0 bridgehead atoms. The van der Waals surface area contributed by atoms with E-state index in [9.17, 15) is 30.0 Å². The smallest absolute Gasteiger partial charge is 0.247 e. The summed E-state index contributed by atoms with van der Waals surface area (Å²) in [5.41, 5.74) is -0.988. The topological polar surface area (TPSA) is 126 Å². The molecule has 0 saturated carbocycles. The van der Waals surface area contributed by atoms with E-state index in [1.807, 2.05) is 0 Å². The van der Waals surface area contributed by atoms with Gasteiger partial charge in [0.15, 0.2) is 9.84 Å². The number of hydrogen-bond donors (Lipinski definition) is 0. The number of amides is 1. The Balaban J connectivity index is 1.89. The van der Waals surface area contributed by atoms with Crippen LogP contribution in [-0.2, 0) is 34.7 Å². The second-order valence-corrected chi connectivity index (χ2v) is 13.8. The molecule has 2 fully saturated rings. The van der Waals surface area contributed by atoms with Crippen LogP contribution in [0.25, 0.3) is 0 Å². The maximum Gasteiger partial charge on any atom is 0.247 e. The highest BCUT2D eigenvalue weighted by molar-refractivity contribution is 7.94. The molecule has 0 aromatic heterocycles. The normalized spacial score (nSPS) is 26.1. The molecule has 0 radical (unpaired) electrons. The molecule has 1 aromatic carbocycles. The summed E-state index contributed by atoms with van der Waals surface area (Å²) in [6.45, 7) is 3.08. The van der Waals surface area contributed by atoms with Gasteiger partial charge in [0, 0.05) is 13.1 Å². The third-order valence-electron chi connectivity index (χ3n) is 5.06. The van der Waals surface area contributed by atoms with Gasteiger partial charge in [0.1, 0.15) is 0 Å².